The standard InChI is InChI=1S/C9H18NO5P/c1-3-7(2)15-9(11)8(10)5-4-6-16(12,13)14/h4-5,7-8H,3,6,10H2,1-2H3,(H2,12,13,14)/b5-4+. The monoisotopic (exact) mass is 251 g/mol. The molecule has 0 aliphatic carbocycles. The molecule has 6 nitrogen and oxygen atoms in total. The molecule has 0 aromatic carbocycles. The van der Waals surface area contributed by atoms with E-state index >= 15 is 0 Å². The highest BCUT2D eigenvalue weighted by atomic mass is 31.2. The van der Waals surface area contributed by atoms with Crippen molar-refractivity contribution in [2.24, 2.45) is 5.73 Å². The van der Waals surface area contributed by atoms with E-state index in [4.69, 9.17) is 20.3 Å². The van der Waals surface area contributed by atoms with E-state index in [2.05, 4.69) is 0 Å². The van der Waals surface area contributed by atoms with Gasteiger partial charge in [-0.05, 0) is 13.3 Å². The Labute approximate surface area is 94.6 Å². The molecule has 0 saturated heterocycles. The summed E-state index contributed by atoms with van der Waals surface area (Å²) in [6.45, 7) is 3.61. The van der Waals surface area contributed by atoms with Crippen LogP contribution in [-0.2, 0) is 14.1 Å². The molecule has 16 heavy (non-hydrogen) atoms. The topological polar surface area (TPSA) is 110 Å². The SMILES string of the molecule is CCC(C)OC(=O)C(N)/C=C/CP(=O)(O)O. The summed E-state index contributed by atoms with van der Waals surface area (Å²) < 4.78 is 15.4. The minimum Gasteiger partial charge on any atom is -0.461 e. The molecule has 0 rings (SSSR count). The molecular weight excluding hydrogens is 233 g/mol. The molecular formula is C9H18NO5P. The molecule has 0 radical (unpaired) electrons. The third-order valence-corrected chi connectivity index (χ3v) is 2.54. The summed E-state index contributed by atoms with van der Waals surface area (Å²) in [5.74, 6) is -0.601. The lowest BCUT2D eigenvalue weighted by Gasteiger charge is -2.13. The first kappa shape index (κ1) is 15.3. The van der Waals surface area contributed by atoms with Gasteiger partial charge in [0.15, 0.2) is 0 Å². The summed E-state index contributed by atoms with van der Waals surface area (Å²) in [6, 6.07) is -0.986. The molecule has 0 aliphatic rings. The summed E-state index contributed by atoms with van der Waals surface area (Å²) in [5.41, 5.74) is 5.44. The second-order valence-corrected chi connectivity index (χ2v) is 5.15. The Hall–Kier alpha value is -0.680. The number of allylic oxidation sites excluding steroid dienone is 1. The number of nitrogens with two attached hydrogens (primary N) is 1. The van der Waals surface area contributed by atoms with Crippen LogP contribution in [0.5, 0.6) is 0 Å². The summed E-state index contributed by atoms with van der Waals surface area (Å²) in [6.07, 6.45) is 2.45. The largest absolute Gasteiger partial charge is 0.461 e. The van der Waals surface area contributed by atoms with Crippen molar-refractivity contribution in [2.75, 3.05) is 6.16 Å². The highest BCUT2D eigenvalue weighted by molar-refractivity contribution is 7.51. The maximum Gasteiger partial charge on any atom is 0.329 e. The van der Waals surface area contributed by atoms with Gasteiger partial charge in [-0.3, -0.25) is 9.36 Å². The van der Waals surface area contributed by atoms with Crippen molar-refractivity contribution in [3.05, 3.63) is 12.2 Å². The van der Waals surface area contributed by atoms with Crippen molar-refractivity contribution in [2.45, 2.75) is 32.4 Å². The van der Waals surface area contributed by atoms with E-state index in [1.165, 1.54) is 12.2 Å². The van der Waals surface area contributed by atoms with E-state index < -0.39 is 25.8 Å². The average Bonchev–Trinajstić information content (AvgIpc) is 2.15. The fraction of sp³-hybridized carbons (Fsp3) is 0.667. The van der Waals surface area contributed by atoms with Gasteiger partial charge < -0.3 is 20.3 Å². The first-order valence-corrected chi connectivity index (χ1v) is 6.73. The number of rotatable bonds is 6. The highest BCUT2D eigenvalue weighted by Crippen LogP contribution is 2.33. The minimum atomic E-state index is -4.08. The Bertz CT molecular complexity index is 298. The first-order valence-electron chi connectivity index (χ1n) is 4.93. The fourth-order valence-corrected chi connectivity index (χ4v) is 1.18. The molecule has 94 valence electrons. The van der Waals surface area contributed by atoms with Crippen LogP contribution in [0.2, 0.25) is 0 Å². The van der Waals surface area contributed by atoms with Crippen LogP contribution in [0.25, 0.3) is 0 Å². The van der Waals surface area contributed by atoms with Gasteiger partial charge in [0.1, 0.15) is 6.04 Å². The number of ether oxygens (including phenoxy) is 1. The smallest absolute Gasteiger partial charge is 0.329 e. The van der Waals surface area contributed by atoms with Crippen LogP contribution >= 0.6 is 7.60 Å². The van der Waals surface area contributed by atoms with Crippen LogP contribution in [0.3, 0.4) is 0 Å². The lowest BCUT2D eigenvalue weighted by atomic mass is 10.2. The third-order valence-electron chi connectivity index (χ3n) is 1.85. The molecule has 0 spiro atoms. The predicted octanol–water partition coefficient (Wildman–Crippen LogP) is 0.389. The zero-order chi connectivity index (χ0) is 12.8. The lowest BCUT2D eigenvalue weighted by Crippen LogP contribution is -2.32. The Balaban J connectivity index is 4.10. The Kier molecular flexibility index (Phi) is 6.52. The van der Waals surface area contributed by atoms with E-state index in [-0.39, 0.29) is 6.10 Å². The highest BCUT2D eigenvalue weighted by Gasteiger charge is 2.15. The Morgan fingerprint density at radius 2 is 2.12 bits per heavy atom. The van der Waals surface area contributed by atoms with E-state index in [1.54, 1.807) is 6.92 Å². The van der Waals surface area contributed by atoms with Gasteiger partial charge in [-0.2, -0.15) is 0 Å². The zero-order valence-electron chi connectivity index (χ0n) is 9.37. The summed E-state index contributed by atoms with van der Waals surface area (Å²) >= 11 is 0. The van der Waals surface area contributed by atoms with Gasteiger partial charge in [0.05, 0.1) is 12.3 Å². The van der Waals surface area contributed by atoms with Gasteiger partial charge in [-0.25, -0.2) is 0 Å². The van der Waals surface area contributed by atoms with Gasteiger partial charge >= 0.3 is 13.6 Å². The second-order valence-electron chi connectivity index (χ2n) is 3.46. The second kappa shape index (κ2) is 6.81. The molecule has 0 aromatic rings. The molecule has 7 heteroatoms. The maximum atomic E-state index is 11.3. The molecule has 4 N–H and O–H groups in total. The quantitative estimate of drug-likeness (QED) is 0.358. The van der Waals surface area contributed by atoms with Gasteiger partial charge in [0, 0.05) is 0 Å². The normalized spacial score (nSPS) is 16.1. The molecule has 2 unspecified atom stereocenters. The van der Waals surface area contributed by atoms with Crippen molar-refractivity contribution in [1.82, 2.24) is 0 Å². The van der Waals surface area contributed by atoms with Crippen LogP contribution < -0.4 is 5.73 Å². The first-order chi connectivity index (χ1) is 7.26. The molecule has 0 aromatic heterocycles. The summed E-state index contributed by atoms with van der Waals surface area (Å²) in [5, 5.41) is 0. The van der Waals surface area contributed by atoms with E-state index in [0.29, 0.717) is 6.42 Å². The molecule has 0 bridgehead atoms. The molecule has 2 atom stereocenters. The van der Waals surface area contributed by atoms with E-state index in [9.17, 15) is 9.36 Å². The fourth-order valence-electron chi connectivity index (χ4n) is 0.784. The number of carbonyl (C=O) groups excluding carboxylic acids is 1. The predicted molar refractivity (Wildman–Crippen MR) is 59.9 cm³/mol. The van der Waals surface area contributed by atoms with Crippen molar-refractivity contribution >= 4 is 13.6 Å². The van der Waals surface area contributed by atoms with Crippen LogP contribution in [0, 0.1) is 0 Å². The zero-order valence-corrected chi connectivity index (χ0v) is 10.3. The van der Waals surface area contributed by atoms with Crippen LogP contribution in [0.4, 0.5) is 0 Å². The Morgan fingerprint density at radius 3 is 2.56 bits per heavy atom. The van der Waals surface area contributed by atoms with Crippen LogP contribution in [-0.4, -0.2) is 34.1 Å². The number of esters is 1. The molecule has 0 amide bonds. The van der Waals surface area contributed by atoms with Crippen LogP contribution in [0.1, 0.15) is 20.3 Å². The maximum absolute atomic E-state index is 11.3. The van der Waals surface area contributed by atoms with Crippen molar-refractivity contribution in [1.29, 1.82) is 0 Å². The Morgan fingerprint density at radius 1 is 1.56 bits per heavy atom. The summed E-state index contributed by atoms with van der Waals surface area (Å²) in [4.78, 5) is 28.4. The van der Waals surface area contributed by atoms with Gasteiger partial charge in [0.25, 0.3) is 0 Å². The number of hydrogen-bond donors (Lipinski definition) is 3. The summed E-state index contributed by atoms with van der Waals surface area (Å²) in [7, 11) is -4.08. The van der Waals surface area contributed by atoms with Crippen molar-refractivity contribution < 1.29 is 23.9 Å². The van der Waals surface area contributed by atoms with Gasteiger partial charge in [0.2, 0.25) is 0 Å². The molecule has 0 heterocycles. The van der Waals surface area contributed by atoms with E-state index in [0.717, 1.165) is 0 Å². The molecule has 0 fully saturated rings. The number of hydrogen-bond acceptors (Lipinski definition) is 4. The number of carbonyl (C=O) groups is 1. The van der Waals surface area contributed by atoms with Gasteiger partial charge in [-0.15, -0.1) is 0 Å². The minimum absolute atomic E-state index is 0.214. The van der Waals surface area contributed by atoms with Crippen LogP contribution in [0.15, 0.2) is 12.2 Å². The molecule has 0 saturated carbocycles. The van der Waals surface area contributed by atoms with Crippen molar-refractivity contribution in [3.8, 4) is 0 Å². The van der Waals surface area contributed by atoms with E-state index in [1.807, 2.05) is 6.92 Å². The molecule has 0 aliphatic heterocycles. The average molecular weight is 251 g/mol. The van der Waals surface area contributed by atoms with Crippen molar-refractivity contribution in [3.63, 3.8) is 0 Å². The third kappa shape index (κ3) is 7.59. The lowest BCUT2D eigenvalue weighted by molar-refractivity contribution is -0.148. The van der Waals surface area contributed by atoms with Gasteiger partial charge in [-0.1, -0.05) is 19.1 Å².